The van der Waals surface area contributed by atoms with Crippen LogP contribution in [0.2, 0.25) is 10.0 Å². The summed E-state index contributed by atoms with van der Waals surface area (Å²) in [6.07, 6.45) is 0. The van der Waals surface area contributed by atoms with Gasteiger partial charge in [0.2, 0.25) is 0 Å². The Morgan fingerprint density at radius 2 is 1.72 bits per heavy atom. The van der Waals surface area contributed by atoms with Crippen LogP contribution in [0.4, 0.5) is 5.69 Å². The molecule has 2 N–H and O–H groups in total. The predicted molar refractivity (Wildman–Crippen MR) is 77.4 cm³/mol. The highest BCUT2D eigenvalue weighted by Crippen LogP contribution is 2.23. The summed E-state index contributed by atoms with van der Waals surface area (Å²) < 4.78 is 12.1. The zero-order valence-electron chi connectivity index (χ0n) is 9.40. The van der Waals surface area contributed by atoms with Crippen LogP contribution in [0, 0.1) is 0 Å². The molecule has 0 saturated heterocycles. The van der Waals surface area contributed by atoms with E-state index in [0.717, 1.165) is 5.56 Å². The first-order valence-corrected chi connectivity index (χ1v) is 7.31. The molecule has 2 nitrogen and oxygen atoms in total. The maximum atomic E-state index is 12.1. The van der Waals surface area contributed by atoms with Crippen molar-refractivity contribution in [1.29, 1.82) is 0 Å². The first-order valence-electron chi connectivity index (χ1n) is 5.24. The lowest BCUT2D eigenvalue weighted by Gasteiger charge is -2.05. The van der Waals surface area contributed by atoms with Gasteiger partial charge in [-0.2, -0.15) is 0 Å². The predicted octanol–water partition coefficient (Wildman–Crippen LogP) is 3.88. The van der Waals surface area contributed by atoms with Gasteiger partial charge < -0.3 is 5.73 Å². The molecule has 18 heavy (non-hydrogen) atoms. The third-order valence-corrected chi connectivity index (χ3v) is 4.40. The molecule has 2 rings (SSSR count). The number of nitrogen functional groups attached to an aromatic ring is 1. The van der Waals surface area contributed by atoms with Crippen LogP contribution in [0.25, 0.3) is 0 Å². The quantitative estimate of drug-likeness (QED) is 0.874. The number of hydrogen-bond donors (Lipinski definition) is 1. The van der Waals surface area contributed by atoms with E-state index in [4.69, 9.17) is 28.9 Å². The minimum atomic E-state index is -1.14. The minimum Gasteiger partial charge on any atom is -0.398 e. The molecule has 1 unspecified atom stereocenters. The van der Waals surface area contributed by atoms with E-state index in [1.54, 1.807) is 30.3 Å². The van der Waals surface area contributed by atoms with Gasteiger partial charge in [-0.25, -0.2) is 0 Å². The smallest absolute Gasteiger partial charge is 0.0647 e. The first-order chi connectivity index (χ1) is 8.56. The molecule has 2 aromatic carbocycles. The Labute approximate surface area is 118 Å². The van der Waals surface area contributed by atoms with E-state index >= 15 is 0 Å². The SMILES string of the molecule is Nc1ccc(S(=O)Cc2ccc(Cl)cc2)cc1Cl. The van der Waals surface area contributed by atoms with E-state index in [1.807, 2.05) is 12.1 Å². The fraction of sp³-hybridized carbons (Fsp3) is 0.0769. The van der Waals surface area contributed by atoms with Crippen molar-refractivity contribution in [2.45, 2.75) is 10.6 Å². The van der Waals surface area contributed by atoms with Gasteiger partial charge in [0.05, 0.1) is 27.3 Å². The Hall–Kier alpha value is -1.03. The third kappa shape index (κ3) is 3.25. The molecule has 2 aromatic rings. The maximum Gasteiger partial charge on any atom is 0.0647 e. The van der Waals surface area contributed by atoms with Crippen molar-refractivity contribution in [3.63, 3.8) is 0 Å². The lowest BCUT2D eigenvalue weighted by molar-refractivity contribution is 0.682. The molecule has 0 aromatic heterocycles. The van der Waals surface area contributed by atoms with Crippen molar-refractivity contribution >= 4 is 39.7 Å². The van der Waals surface area contributed by atoms with E-state index in [9.17, 15) is 4.21 Å². The maximum absolute atomic E-state index is 12.1. The summed E-state index contributed by atoms with van der Waals surface area (Å²) in [5, 5.41) is 1.09. The molecule has 0 aliphatic rings. The van der Waals surface area contributed by atoms with Gasteiger partial charge in [0, 0.05) is 9.92 Å². The molecule has 0 bridgehead atoms. The fourth-order valence-electron chi connectivity index (χ4n) is 1.46. The van der Waals surface area contributed by atoms with Crippen LogP contribution < -0.4 is 5.73 Å². The molecular formula is C13H11Cl2NOS. The zero-order chi connectivity index (χ0) is 13.1. The van der Waals surface area contributed by atoms with Crippen molar-refractivity contribution in [1.82, 2.24) is 0 Å². The second kappa shape index (κ2) is 5.74. The highest BCUT2D eigenvalue weighted by Gasteiger charge is 2.07. The largest absolute Gasteiger partial charge is 0.398 e. The summed E-state index contributed by atoms with van der Waals surface area (Å²) in [5.74, 6) is 0.428. The normalized spacial score (nSPS) is 12.3. The molecule has 0 amide bonds. The molecule has 0 aliphatic heterocycles. The molecule has 94 valence electrons. The second-order valence-corrected chi connectivity index (χ2v) is 6.09. The Balaban J connectivity index is 2.16. The first kappa shape index (κ1) is 13.4. The van der Waals surface area contributed by atoms with Crippen LogP contribution in [0.1, 0.15) is 5.56 Å². The van der Waals surface area contributed by atoms with Gasteiger partial charge in [-0.1, -0.05) is 35.3 Å². The van der Waals surface area contributed by atoms with Gasteiger partial charge in [0.25, 0.3) is 0 Å². The number of benzene rings is 2. The van der Waals surface area contributed by atoms with Crippen molar-refractivity contribution in [2.24, 2.45) is 0 Å². The molecule has 0 fully saturated rings. The van der Waals surface area contributed by atoms with Gasteiger partial charge in [-0.3, -0.25) is 4.21 Å². The Bertz CT molecular complexity index is 584. The lowest BCUT2D eigenvalue weighted by atomic mass is 10.2. The molecule has 0 aliphatic carbocycles. The van der Waals surface area contributed by atoms with Crippen LogP contribution in [0.3, 0.4) is 0 Å². The van der Waals surface area contributed by atoms with E-state index in [2.05, 4.69) is 0 Å². The third-order valence-electron chi connectivity index (χ3n) is 2.45. The fourth-order valence-corrected chi connectivity index (χ4v) is 2.97. The van der Waals surface area contributed by atoms with Crippen molar-refractivity contribution < 1.29 is 4.21 Å². The van der Waals surface area contributed by atoms with Gasteiger partial charge in [-0.05, 0) is 35.9 Å². The average Bonchev–Trinajstić information content (AvgIpc) is 2.35. The molecule has 0 heterocycles. The molecule has 0 spiro atoms. The molecule has 5 heteroatoms. The van der Waals surface area contributed by atoms with Crippen LogP contribution in [-0.4, -0.2) is 4.21 Å². The van der Waals surface area contributed by atoms with E-state index < -0.39 is 10.8 Å². The number of anilines is 1. The monoisotopic (exact) mass is 299 g/mol. The van der Waals surface area contributed by atoms with Gasteiger partial charge in [-0.15, -0.1) is 0 Å². The van der Waals surface area contributed by atoms with Crippen molar-refractivity contribution in [3.05, 3.63) is 58.1 Å². The summed E-state index contributed by atoms with van der Waals surface area (Å²) in [4.78, 5) is 0.671. The van der Waals surface area contributed by atoms with Crippen LogP contribution >= 0.6 is 23.2 Å². The summed E-state index contributed by atoms with van der Waals surface area (Å²) in [6, 6.07) is 12.3. The number of rotatable bonds is 3. The summed E-state index contributed by atoms with van der Waals surface area (Å²) >= 11 is 11.7. The van der Waals surface area contributed by atoms with Gasteiger partial charge in [0.15, 0.2) is 0 Å². The summed E-state index contributed by atoms with van der Waals surface area (Å²) in [7, 11) is -1.14. The molecule has 1 atom stereocenters. The van der Waals surface area contributed by atoms with Crippen LogP contribution in [0.15, 0.2) is 47.4 Å². The average molecular weight is 300 g/mol. The van der Waals surface area contributed by atoms with Gasteiger partial charge in [0.1, 0.15) is 0 Å². The van der Waals surface area contributed by atoms with Crippen molar-refractivity contribution in [3.8, 4) is 0 Å². The number of nitrogens with two attached hydrogens (primary N) is 1. The van der Waals surface area contributed by atoms with E-state index in [1.165, 1.54) is 0 Å². The second-order valence-electron chi connectivity index (χ2n) is 3.80. The number of hydrogen-bond acceptors (Lipinski definition) is 2. The Morgan fingerprint density at radius 3 is 2.33 bits per heavy atom. The van der Waals surface area contributed by atoms with Crippen LogP contribution in [-0.2, 0) is 16.6 Å². The minimum absolute atomic E-state index is 0.428. The van der Waals surface area contributed by atoms with E-state index in [-0.39, 0.29) is 0 Å². The van der Waals surface area contributed by atoms with E-state index in [0.29, 0.717) is 26.4 Å². The lowest BCUT2D eigenvalue weighted by Crippen LogP contribution is -1.97. The zero-order valence-corrected chi connectivity index (χ0v) is 11.7. The molecule has 0 saturated carbocycles. The van der Waals surface area contributed by atoms with Gasteiger partial charge >= 0.3 is 0 Å². The highest BCUT2D eigenvalue weighted by molar-refractivity contribution is 7.84. The topological polar surface area (TPSA) is 43.1 Å². The standard InChI is InChI=1S/C13H11Cl2NOS/c14-10-3-1-9(2-4-10)8-18(17)11-5-6-13(16)12(15)7-11/h1-7H,8,16H2. The van der Waals surface area contributed by atoms with Crippen LogP contribution in [0.5, 0.6) is 0 Å². The Morgan fingerprint density at radius 1 is 1.06 bits per heavy atom. The summed E-state index contributed by atoms with van der Waals surface area (Å²) in [6.45, 7) is 0. The number of halogens is 2. The molecular weight excluding hydrogens is 289 g/mol. The molecule has 0 radical (unpaired) electrons. The Kier molecular flexibility index (Phi) is 4.27. The summed E-state index contributed by atoms with van der Waals surface area (Å²) in [5.41, 5.74) is 7.07. The highest BCUT2D eigenvalue weighted by atomic mass is 35.5. The van der Waals surface area contributed by atoms with Crippen molar-refractivity contribution in [2.75, 3.05) is 5.73 Å².